The van der Waals surface area contributed by atoms with Crippen LogP contribution in [0.25, 0.3) is 0 Å². The minimum Gasteiger partial charge on any atom is -0.497 e. The third-order valence-electron chi connectivity index (χ3n) is 4.41. The number of methoxy groups -OCH3 is 1. The molecule has 0 radical (unpaired) electrons. The smallest absolute Gasteiger partial charge is 0.251 e. The number of nitrogens with zero attached hydrogens (tertiary/aromatic N) is 1. The molecule has 31 heavy (non-hydrogen) atoms. The molecule has 1 amide bonds. The molecule has 0 saturated heterocycles. The highest BCUT2D eigenvalue weighted by Crippen LogP contribution is 2.10. The monoisotopic (exact) mass is 540 g/mol. The molecule has 0 bridgehead atoms. The van der Waals surface area contributed by atoms with Crippen LogP contribution in [0.2, 0.25) is 0 Å². The maximum atomic E-state index is 12.1. The number of halogens is 1. The minimum absolute atomic E-state index is 0. The molecule has 2 aromatic rings. The molecule has 0 aromatic heterocycles. The van der Waals surface area contributed by atoms with Crippen LogP contribution in [0, 0.1) is 5.92 Å². The van der Waals surface area contributed by atoms with Gasteiger partial charge in [-0.25, -0.2) is 0 Å². The minimum atomic E-state index is -0.119. The molecular formula is C23H33IN4O3. The van der Waals surface area contributed by atoms with Gasteiger partial charge in [-0.05, 0) is 35.7 Å². The van der Waals surface area contributed by atoms with Crippen molar-refractivity contribution in [1.82, 2.24) is 16.0 Å². The largest absolute Gasteiger partial charge is 0.497 e. The first-order chi connectivity index (χ1) is 14.6. The van der Waals surface area contributed by atoms with E-state index in [9.17, 15) is 4.79 Å². The van der Waals surface area contributed by atoms with E-state index in [1.54, 1.807) is 38.4 Å². The number of hydrogen-bond acceptors (Lipinski definition) is 4. The predicted molar refractivity (Wildman–Crippen MR) is 135 cm³/mol. The number of ether oxygens (including phenoxy) is 2. The van der Waals surface area contributed by atoms with Gasteiger partial charge in [0.2, 0.25) is 0 Å². The highest BCUT2D eigenvalue weighted by Gasteiger charge is 2.06. The Hall–Kier alpha value is -2.33. The van der Waals surface area contributed by atoms with Crippen molar-refractivity contribution in [2.45, 2.75) is 13.5 Å². The van der Waals surface area contributed by atoms with E-state index in [2.05, 4.69) is 40.0 Å². The van der Waals surface area contributed by atoms with Crippen molar-refractivity contribution >= 4 is 35.8 Å². The summed E-state index contributed by atoms with van der Waals surface area (Å²) in [5.74, 6) is 1.64. The molecule has 0 fully saturated rings. The Morgan fingerprint density at radius 1 is 1.00 bits per heavy atom. The second kappa shape index (κ2) is 15.5. The van der Waals surface area contributed by atoms with Gasteiger partial charge in [0, 0.05) is 32.2 Å². The fraction of sp³-hybridized carbons (Fsp3) is 0.391. The lowest BCUT2D eigenvalue weighted by molar-refractivity contribution is 0.0930. The molecule has 170 valence electrons. The van der Waals surface area contributed by atoms with Gasteiger partial charge in [0.05, 0.1) is 20.3 Å². The summed E-state index contributed by atoms with van der Waals surface area (Å²) in [5.41, 5.74) is 1.77. The Balaban J connectivity index is 0.00000480. The molecule has 1 unspecified atom stereocenters. The van der Waals surface area contributed by atoms with Gasteiger partial charge in [-0.15, -0.1) is 24.0 Å². The summed E-state index contributed by atoms with van der Waals surface area (Å²) in [6.45, 7) is 5.21. The molecule has 2 rings (SSSR count). The van der Waals surface area contributed by atoms with Crippen molar-refractivity contribution in [3.63, 3.8) is 0 Å². The lowest BCUT2D eigenvalue weighted by Crippen LogP contribution is -2.43. The van der Waals surface area contributed by atoms with Gasteiger partial charge in [-0.1, -0.05) is 37.3 Å². The summed E-state index contributed by atoms with van der Waals surface area (Å²) in [4.78, 5) is 16.3. The summed E-state index contributed by atoms with van der Waals surface area (Å²) < 4.78 is 10.9. The maximum absolute atomic E-state index is 12.1. The molecule has 0 heterocycles. The standard InChI is InChI=1S/C23H32N4O3.HI/c1-18(16-30-17-19-7-5-4-6-8-19)15-27-23(24-2)26-14-13-25-22(28)20-9-11-21(29-3)12-10-20;/h4-12,18H,13-17H2,1-3H3,(H,25,28)(H2,24,26,27);1H. The van der Waals surface area contributed by atoms with Crippen molar-refractivity contribution in [1.29, 1.82) is 0 Å². The van der Waals surface area contributed by atoms with Crippen molar-refractivity contribution < 1.29 is 14.3 Å². The zero-order chi connectivity index (χ0) is 21.6. The van der Waals surface area contributed by atoms with Crippen LogP contribution >= 0.6 is 24.0 Å². The molecule has 8 heteroatoms. The van der Waals surface area contributed by atoms with E-state index < -0.39 is 0 Å². The van der Waals surface area contributed by atoms with E-state index in [0.29, 0.717) is 43.7 Å². The van der Waals surface area contributed by atoms with Crippen LogP contribution in [-0.2, 0) is 11.3 Å². The maximum Gasteiger partial charge on any atom is 0.251 e. The zero-order valence-electron chi connectivity index (χ0n) is 18.4. The molecular weight excluding hydrogens is 507 g/mol. The van der Waals surface area contributed by atoms with Crippen molar-refractivity contribution in [3.8, 4) is 5.75 Å². The van der Waals surface area contributed by atoms with Gasteiger partial charge in [-0.2, -0.15) is 0 Å². The Morgan fingerprint density at radius 2 is 1.68 bits per heavy atom. The van der Waals surface area contributed by atoms with E-state index in [1.165, 1.54) is 5.56 Å². The van der Waals surface area contributed by atoms with Crippen LogP contribution in [-0.4, -0.2) is 52.3 Å². The van der Waals surface area contributed by atoms with Gasteiger partial charge in [-0.3, -0.25) is 9.79 Å². The number of nitrogens with one attached hydrogen (secondary N) is 3. The summed E-state index contributed by atoms with van der Waals surface area (Å²) in [6.07, 6.45) is 0. The number of carbonyl (C=O) groups excluding carboxylic acids is 1. The summed E-state index contributed by atoms with van der Waals surface area (Å²) in [7, 11) is 3.32. The van der Waals surface area contributed by atoms with E-state index in [4.69, 9.17) is 9.47 Å². The molecule has 0 spiro atoms. The van der Waals surface area contributed by atoms with Crippen molar-refractivity contribution in [2.24, 2.45) is 10.9 Å². The number of amides is 1. The molecule has 7 nitrogen and oxygen atoms in total. The van der Waals surface area contributed by atoms with Gasteiger partial charge in [0.15, 0.2) is 5.96 Å². The molecule has 0 aliphatic heterocycles. The van der Waals surface area contributed by atoms with Crippen LogP contribution in [0.15, 0.2) is 59.6 Å². The Bertz CT molecular complexity index is 785. The summed E-state index contributed by atoms with van der Waals surface area (Å²) in [5, 5.41) is 9.36. The molecule has 0 saturated carbocycles. The van der Waals surface area contributed by atoms with Crippen LogP contribution in [0.1, 0.15) is 22.8 Å². The number of aliphatic imine (C=N–C) groups is 1. The highest BCUT2D eigenvalue weighted by atomic mass is 127. The van der Waals surface area contributed by atoms with Crippen LogP contribution in [0.4, 0.5) is 0 Å². The number of guanidine groups is 1. The SMILES string of the molecule is CN=C(NCCNC(=O)c1ccc(OC)cc1)NCC(C)COCc1ccccc1.I. The van der Waals surface area contributed by atoms with Gasteiger partial charge >= 0.3 is 0 Å². The zero-order valence-corrected chi connectivity index (χ0v) is 20.7. The fourth-order valence-corrected chi connectivity index (χ4v) is 2.70. The fourth-order valence-electron chi connectivity index (χ4n) is 2.70. The summed E-state index contributed by atoms with van der Waals surface area (Å²) in [6, 6.07) is 17.2. The van der Waals surface area contributed by atoms with Crippen LogP contribution in [0.3, 0.4) is 0 Å². The quantitative estimate of drug-likeness (QED) is 0.177. The second-order valence-electron chi connectivity index (χ2n) is 6.97. The first-order valence-corrected chi connectivity index (χ1v) is 10.1. The van der Waals surface area contributed by atoms with E-state index >= 15 is 0 Å². The number of benzene rings is 2. The first-order valence-electron chi connectivity index (χ1n) is 10.1. The number of carbonyl (C=O) groups is 1. The van der Waals surface area contributed by atoms with Crippen LogP contribution in [0.5, 0.6) is 5.75 Å². The Kier molecular flexibility index (Phi) is 13.3. The summed E-state index contributed by atoms with van der Waals surface area (Å²) >= 11 is 0. The number of hydrogen-bond donors (Lipinski definition) is 3. The van der Waals surface area contributed by atoms with E-state index in [0.717, 1.165) is 12.3 Å². The van der Waals surface area contributed by atoms with Gasteiger partial charge in [0.25, 0.3) is 5.91 Å². The average molecular weight is 540 g/mol. The first kappa shape index (κ1) is 26.7. The van der Waals surface area contributed by atoms with Gasteiger partial charge in [0.1, 0.15) is 5.75 Å². The Labute approximate surface area is 202 Å². The average Bonchev–Trinajstić information content (AvgIpc) is 2.79. The molecule has 0 aliphatic carbocycles. The third kappa shape index (κ3) is 10.5. The molecule has 1 atom stereocenters. The molecule has 3 N–H and O–H groups in total. The van der Waals surface area contributed by atoms with E-state index in [1.807, 2.05) is 18.2 Å². The molecule has 0 aliphatic rings. The number of rotatable bonds is 11. The second-order valence-corrected chi connectivity index (χ2v) is 6.97. The lowest BCUT2D eigenvalue weighted by Gasteiger charge is -2.16. The topological polar surface area (TPSA) is 84.0 Å². The lowest BCUT2D eigenvalue weighted by atomic mass is 10.2. The van der Waals surface area contributed by atoms with Crippen molar-refractivity contribution in [2.75, 3.05) is 40.4 Å². The Morgan fingerprint density at radius 3 is 2.32 bits per heavy atom. The van der Waals surface area contributed by atoms with Gasteiger partial charge < -0.3 is 25.4 Å². The van der Waals surface area contributed by atoms with Crippen molar-refractivity contribution in [3.05, 3.63) is 65.7 Å². The predicted octanol–water partition coefficient (Wildman–Crippen LogP) is 3.06. The normalized spacial score (nSPS) is 11.8. The third-order valence-corrected chi connectivity index (χ3v) is 4.41. The molecule has 2 aromatic carbocycles. The van der Waals surface area contributed by atoms with E-state index in [-0.39, 0.29) is 29.9 Å². The highest BCUT2D eigenvalue weighted by molar-refractivity contribution is 14.0. The van der Waals surface area contributed by atoms with Crippen LogP contribution < -0.4 is 20.7 Å².